The van der Waals surface area contributed by atoms with Crippen LogP contribution in [-0.4, -0.2) is 34.6 Å². The average molecular weight is 679 g/mol. The summed E-state index contributed by atoms with van der Waals surface area (Å²) < 4.78 is 6.14. The van der Waals surface area contributed by atoms with Gasteiger partial charge < -0.3 is 15.0 Å². The molecule has 3 fully saturated rings. The molecule has 2 saturated carbocycles. The Morgan fingerprint density at radius 3 is 2.44 bits per heavy atom. The third-order valence-corrected chi connectivity index (χ3v) is 12.9. The maximum absolute atomic E-state index is 13.9. The Balaban J connectivity index is 1.12. The van der Waals surface area contributed by atoms with Crippen LogP contribution in [0.4, 0.5) is 11.4 Å². The number of thioether (sulfide) groups is 1. The number of halogens is 2. The normalized spacial score (nSPS) is 27.7. The lowest BCUT2D eigenvalue weighted by Crippen LogP contribution is -2.42. The molecule has 2 N–H and O–H groups in total. The molecule has 8 rings (SSSR count). The zero-order valence-corrected chi connectivity index (χ0v) is 26.6. The van der Waals surface area contributed by atoms with Crippen LogP contribution < -0.4 is 19.8 Å². The van der Waals surface area contributed by atoms with Gasteiger partial charge in [-0.15, -0.1) is 11.8 Å². The van der Waals surface area contributed by atoms with Crippen molar-refractivity contribution in [2.24, 2.45) is 29.6 Å². The number of aromatic amines is 1. The molecule has 2 bridgehead atoms. The van der Waals surface area contributed by atoms with Crippen LogP contribution in [0.3, 0.4) is 0 Å². The second-order valence-corrected chi connectivity index (χ2v) is 14.8. The van der Waals surface area contributed by atoms with Crippen LogP contribution in [0.1, 0.15) is 22.8 Å². The quantitative estimate of drug-likeness (QED) is 0.228. The highest BCUT2D eigenvalue weighted by molar-refractivity contribution is 8.00. The van der Waals surface area contributed by atoms with Gasteiger partial charge in [0.15, 0.2) is 6.61 Å². The van der Waals surface area contributed by atoms with E-state index in [0.29, 0.717) is 27.2 Å². The minimum Gasteiger partial charge on any atom is -0.483 e. The van der Waals surface area contributed by atoms with Gasteiger partial charge in [-0.25, -0.2) is 0 Å². The van der Waals surface area contributed by atoms with Crippen molar-refractivity contribution < 1.29 is 19.1 Å². The summed E-state index contributed by atoms with van der Waals surface area (Å²) in [4.78, 5) is 58.5. The van der Waals surface area contributed by atoms with E-state index in [2.05, 4.69) is 10.3 Å². The molecule has 12 heteroatoms. The summed E-state index contributed by atoms with van der Waals surface area (Å²) in [5, 5.41) is 4.34. The largest absolute Gasteiger partial charge is 0.483 e. The van der Waals surface area contributed by atoms with Gasteiger partial charge in [0.2, 0.25) is 11.8 Å². The number of nitrogens with one attached hydrogen (secondary N) is 2. The number of ether oxygens (including phenoxy) is 1. The van der Waals surface area contributed by atoms with E-state index in [1.807, 2.05) is 42.5 Å². The van der Waals surface area contributed by atoms with Crippen molar-refractivity contribution in [1.29, 1.82) is 0 Å². The van der Waals surface area contributed by atoms with Crippen LogP contribution >= 0.6 is 46.3 Å². The van der Waals surface area contributed by atoms with Gasteiger partial charge in [-0.2, -0.15) is 0 Å². The summed E-state index contributed by atoms with van der Waals surface area (Å²) in [5.74, 6) is -1.16. The number of carbonyl (C=O) groups is 3. The van der Waals surface area contributed by atoms with E-state index in [1.54, 1.807) is 42.1 Å². The molecule has 45 heavy (non-hydrogen) atoms. The second-order valence-electron chi connectivity index (χ2n) is 11.8. The predicted molar refractivity (Wildman–Crippen MR) is 174 cm³/mol. The molecule has 1 saturated heterocycles. The highest BCUT2D eigenvalue weighted by atomic mass is 35.5. The Hall–Kier alpha value is -3.57. The number of thiazole rings is 1. The summed E-state index contributed by atoms with van der Waals surface area (Å²) in [5.41, 5.74) is 1.96. The number of hydrogen-bond acceptors (Lipinski definition) is 7. The lowest BCUT2D eigenvalue weighted by molar-refractivity contribution is -0.123. The van der Waals surface area contributed by atoms with E-state index in [-0.39, 0.29) is 64.0 Å². The topological polar surface area (TPSA) is 109 Å². The molecule has 2 aliphatic heterocycles. The van der Waals surface area contributed by atoms with Crippen molar-refractivity contribution in [3.05, 3.63) is 103 Å². The molecule has 7 atom stereocenters. The Labute approximate surface area is 276 Å². The summed E-state index contributed by atoms with van der Waals surface area (Å²) in [7, 11) is 0. The van der Waals surface area contributed by atoms with Gasteiger partial charge in [-0.1, -0.05) is 70.9 Å². The first kappa shape index (κ1) is 28.9. The first-order valence-electron chi connectivity index (χ1n) is 14.6. The van der Waals surface area contributed by atoms with Gasteiger partial charge in [0.05, 0.1) is 32.6 Å². The highest BCUT2D eigenvalue weighted by Crippen LogP contribution is 2.69. The standard InChI is InChI=1S/C33H25Cl2N3O5S2/c34-20-11-10-15(12-21(20)35)36-23(39)14-43-22-9-5-4-8-17(22)24-25-18-13-19(28(25)44-30-29(24)45-33(42)37-30)27-26(18)31(40)38(32(27)41)16-6-2-1-3-7-16/h1-12,18-19,24-28H,13-14H2,(H,36,39)(H,37,42)/t18-,19-,24+,25-,26+,27+,28-/m1/s1. The maximum atomic E-state index is 13.9. The Morgan fingerprint density at radius 1 is 0.933 bits per heavy atom. The number of para-hydroxylation sites is 2. The van der Waals surface area contributed by atoms with Crippen LogP contribution in [0.25, 0.3) is 0 Å². The monoisotopic (exact) mass is 677 g/mol. The zero-order valence-electron chi connectivity index (χ0n) is 23.4. The number of nitrogens with zero attached hydrogens (tertiary/aromatic N) is 1. The van der Waals surface area contributed by atoms with Crippen molar-refractivity contribution in [3.8, 4) is 5.75 Å². The smallest absolute Gasteiger partial charge is 0.305 e. The molecule has 3 amide bonds. The van der Waals surface area contributed by atoms with Gasteiger partial charge in [-0.3, -0.25) is 24.1 Å². The van der Waals surface area contributed by atoms with Crippen molar-refractivity contribution in [1.82, 2.24) is 4.98 Å². The number of hydrogen-bond donors (Lipinski definition) is 2. The molecular weight excluding hydrogens is 653 g/mol. The average Bonchev–Trinajstić information content (AvgIpc) is 3.77. The van der Waals surface area contributed by atoms with E-state index in [0.717, 1.165) is 21.9 Å². The molecule has 4 aliphatic rings. The molecule has 3 aromatic carbocycles. The van der Waals surface area contributed by atoms with Crippen LogP contribution in [0.2, 0.25) is 10.0 Å². The van der Waals surface area contributed by atoms with Crippen LogP contribution in [-0.2, 0) is 14.4 Å². The fourth-order valence-corrected chi connectivity index (χ4v) is 11.2. The molecule has 2 aliphatic carbocycles. The first-order valence-corrected chi connectivity index (χ1v) is 17.0. The highest BCUT2D eigenvalue weighted by Gasteiger charge is 2.69. The number of rotatable bonds is 6. The van der Waals surface area contributed by atoms with E-state index in [4.69, 9.17) is 27.9 Å². The van der Waals surface area contributed by atoms with Crippen LogP contribution in [0, 0.1) is 29.6 Å². The molecule has 1 aromatic heterocycles. The number of H-pyrrole nitrogens is 1. The van der Waals surface area contributed by atoms with E-state index in [9.17, 15) is 19.2 Å². The predicted octanol–water partition coefficient (Wildman–Crippen LogP) is 6.44. The lowest BCUT2D eigenvalue weighted by Gasteiger charge is -2.43. The van der Waals surface area contributed by atoms with Crippen LogP contribution in [0.5, 0.6) is 5.75 Å². The minimum absolute atomic E-state index is 0.00228. The lowest BCUT2D eigenvalue weighted by atomic mass is 9.68. The number of carbonyl (C=O) groups excluding carboxylic acids is 3. The summed E-state index contributed by atoms with van der Waals surface area (Å²) >= 11 is 14.9. The third kappa shape index (κ3) is 4.64. The van der Waals surface area contributed by atoms with Crippen molar-refractivity contribution in [2.45, 2.75) is 22.6 Å². The first-order chi connectivity index (χ1) is 21.8. The van der Waals surface area contributed by atoms with E-state index >= 15 is 0 Å². The number of anilines is 2. The van der Waals surface area contributed by atoms with Gasteiger partial charge in [-0.05, 0) is 60.6 Å². The molecule has 228 valence electrons. The molecule has 0 spiro atoms. The summed E-state index contributed by atoms with van der Waals surface area (Å²) in [6.45, 7) is -0.251. The number of imide groups is 1. The second kappa shape index (κ2) is 11.0. The zero-order chi connectivity index (χ0) is 31.0. The van der Waals surface area contributed by atoms with Gasteiger partial charge in [0.1, 0.15) is 5.75 Å². The van der Waals surface area contributed by atoms with Gasteiger partial charge in [0, 0.05) is 27.3 Å². The number of benzene rings is 3. The molecule has 4 aromatic rings. The number of fused-ring (bicyclic) bond motifs is 9. The molecule has 3 heterocycles. The summed E-state index contributed by atoms with van der Waals surface area (Å²) in [6.07, 6.45) is 0.780. The fraction of sp³-hybridized carbons (Fsp3) is 0.273. The van der Waals surface area contributed by atoms with E-state index in [1.165, 1.54) is 16.2 Å². The molecule has 0 unspecified atom stereocenters. The van der Waals surface area contributed by atoms with Crippen molar-refractivity contribution >= 4 is 75.4 Å². The molecular formula is C33H25Cl2N3O5S2. The fourth-order valence-electron chi connectivity index (χ4n) is 7.98. The van der Waals surface area contributed by atoms with Gasteiger partial charge in [0.25, 0.3) is 5.91 Å². The van der Waals surface area contributed by atoms with Crippen LogP contribution in [0.15, 0.2) is 82.6 Å². The van der Waals surface area contributed by atoms with Crippen molar-refractivity contribution in [3.63, 3.8) is 0 Å². The minimum atomic E-state index is -0.408. The van der Waals surface area contributed by atoms with Gasteiger partial charge >= 0.3 is 4.87 Å². The maximum Gasteiger partial charge on any atom is 0.305 e. The van der Waals surface area contributed by atoms with E-state index < -0.39 is 5.92 Å². The number of aromatic nitrogens is 1. The molecule has 8 nitrogen and oxygen atoms in total. The SMILES string of the molecule is O=C(COc1ccccc1[C@@H]1c2sc(=O)[nH]c2S[C@@H]2[C@@H]3C[C@@H]([C@@H]4C(=O)N(c5ccccc5)C(=O)[C@@H]34)[C@H]12)Nc1ccc(Cl)c(Cl)c1. The van der Waals surface area contributed by atoms with Crippen molar-refractivity contribution in [2.75, 3.05) is 16.8 Å². The Morgan fingerprint density at radius 2 is 1.67 bits per heavy atom. The third-order valence-electron chi connectivity index (χ3n) is 9.55. The Bertz CT molecular complexity index is 1930. The summed E-state index contributed by atoms with van der Waals surface area (Å²) in [6, 6.07) is 21.5. The Kier molecular flexibility index (Phi) is 7.09. The number of amides is 3. The molecule has 0 radical (unpaired) electrons.